The standard InChI is InChI=1S/C13H9BrO2/c14-12-7-6-10(15)8-11(12)13(16)9-4-2-1-3-5-9/h1-8,15H. The van der Waals surface area contributed by atoms with Crippen LogP contribution in [0.2, 0.25) is 0 Å². The first kappa shape index (κ1) is 10.9. The summed E-state index contributed by atoms with van der Waals surface area (Å²) in [5, 5.41) is 9.36. The molecule has 0 atom stereocenters. The van der Waals surface area contributed by atoms with Crippen LogP contribution in [0.15, 0.2) is 53.0 Å². The second-order valence-corrected chi connectivity index (χ2v) is 4.21. The molecule has 3 heteroatoms. The monoisotopic (exact) mass is 276 g/mol. The molecule has 0 heterocycles. The van der Waals surface area contributed by atoms with Crippen molar-refractivity contribution in [3.8, 4) is 5.75 Å². The van der Waals surface area contributed by atoms with E-state index in [9.17, 15) is 9.90 Å². The van der Waals surface area contributed by atoms with E-state index in [1.807, 2.05) is 18.2 Å². The van der Waals surface area contributed by atoms with Crippen LogP contribution in [0.4, 0.5) is 0 Å². The van der Waals surface area contributed by atoms with Crippen LogP contribution < -0.4 is 0 Å². The highest BCUT2D eigenvalue weighted by Gasteiger charge is 2.12. The third-order valence-corrected chi connectivity index (χ3v) is 2.92. The first-order chi connectivity index (χ1) is 7.68. The molecule has 1 N–H and O–H groups in total. The lowest BCUT2D eigenvalue weighted by Crippen LogP contribution is -2.01. The van der Waals surface area contributed by atoms with E-state index in [1.54, 1.807) is 18.2 Å². The molecule has 16 heavy (non-hydrogen) atoms. The molecule has 2 aromatic carbocycles. The third-order valence-electron chi connectivity index (χ3n) is 2.23. The Balaban J connectivity index is 2.46. The maximum absolute atomic E-state index is 12.1. The van der Waals surface area contributed by atoms with E-state index in [2.05, 4.69) is 15.9 Å². The first-order valence-corrected chi connectivity index (χ1v) is 5.56. The highest BCUT2D eigenvalue weighted by molar-refractivity contribution is 9.10. The lowest BCUT2D eigenvalue weighted by Gasteiger charge is -2.04. The zero-order valence-electron chi connectivity index (χ0n) is 8.35. The Hall–Kier alpha value is -1.61. The van der Waals surface area contributed by atoms with Gasteiger partial charge in [-0.15, -0.1) is 0 Å². The Morgan fingerprint density at radius 1 is 1.06 bits per heavy atom. The van der Waals surface area contributed by atoms with Gasteiger partial charge < -0.3 is 5.11 Å². The Kier molecular flexibility index (Phi) is 3.06. The van der Waals surface area contributed by atoms with Crippen molar-refractivity contribution in [3.05, 3.63) is 64.1 Å². The SMILES string of the molecule is O=C(c1ccccc1)c1cc(O)ccc1Br. The summed E-state index contributed by atoms with van der Waals surface area (Å²) in [5.74, 6) is -0.0224. The zero-order valence-corrected chi connectivity index (χ0v) is 9.94. The van der Waals surface area contributed by atoms with E-state index in [0.717, 1.165) is 0 Å². The van der Waals surface area contributed by atoms with Gasteiger partial charge in [-0.05, 0) is 18.2 Å². The van der Waals surface area contributed by atoms with Crippen LogP contribution in [0.1, 0.15) is 15.9 Å². The summed E-state index contributed by atoms with van der Waals surface area (Å²) >= 11 is 3.30. The van der Waals surface area contributed by atoms with Gasteiger partial charge in [-0.25, -0.2) is 0 Å². The number of aromatic hydroxyl groups is 1. The van der Waals surface area contributed by atoms with E-state index in [4.69, 9.17) is 0 Å². The molecule has 0 fully saturated rings. The molecule has 0 saturated heterocycles. The van der Waals surface area contributed by atoms with Crippen LogP contribution >= 0.6 is 15.9 Å². The van der Waals surface area contributed by atoms with Crippen molar-refractivity contribution >= 4 is 21.7 Å². The maximum Gasteiger partial charge on any atom is 0.194 e. The molecule has 80 valence electrons. The van der Waals surface area contributed by atoms with Crippen LogP contribution in [0, 0.1) is 0 Å². The molecule has 2 aromatic rings. The molecule has 0 saturated carbocycles. The fourth-order valence-corrected chi connectivity index (χ4v) is 1.86. The topological polar surface area (TPSA) is 37.3 Å². The van der Waals surface area contributed by atoms with Crippen molar-refractivity contribution in [2.24, 2.45) is 0 Å². The van der Waals surface area contributed by atoms with Gasteiger partial charge in [0.2, 0.25) is 0 Å². The number of benzene rings is 2. The summed E-state index contributed by atoms with van der Waals surface area (Å²) < 4.78 is 0.680. The number of halogens is 1. The highest BCUT2D eigenvalue weighted by atomic mass is 79.9. The summed E-state index contributed by atoms with van der Waals surface area (Å²) in [6.07, 6.45) is 0. The molecular formula is C13H9BrO2. The van der Waals surface area contributed by atoms with Gasteiger partial charge in [0.1, 0.15) is 5.75 Å². The van der Waals surface area contributed by atoms with Gasteiger partial charge in [-0.2, -0.15) is 0 Å². The zero-order chi connectivity index (χ0) is 11.5. The number of carbonyl (C=O) groups is 1. The molecule has 0 bridgehead atoms. The fourth-order valence-electron chi connectivity index (χ4n) is 1.43. The summed E-state index contributed by atoms with van der Waals surface area (Å²) in [4.78, 5) is 12.1. The van der Waals surface area contributed by atoms with Crippen molar-refractivity contribution in [1.29, 1.82) is 0 Å². The molecule has 0 aliphatic heterocycles. The summed E-state index contributed by atoms with van der Waals surface area (Å²) in [6.45, 7) is 0. The molecular weight excluding hydrogens is 268 g/mol. The predicted molar refractivity (Wildman–Crippen MR) is 65.7 cm³/mol. The second kappa shape index (κ2) is 4.49. The minimum absolute atomic E-state index is 0.0856. The summed E-state index contributed by atoms with van der Waals surface area (Å²) in [5.41, 5.74) is 1.07. The van der Waals surface area contributed by atoms with Gasteiger partial charge in [0.15, 0.2) is 5.78 Å². The van der Waals surface area contributed by atoms with Crippen LogP contribution in [-0.4, -0.2) is 10.9 Å². The number of ketones is 1. The van der Waals surface area contributed by atoms with Gasteiger partial charge in [0.05, 0.1) is 0 Å². The lowest BCUT2D eigenvalue weighted by atomic mass is 10.0. The van der Waals surface area contributed by atoms with E-state index >= 15 is 0 Å². The third kappa shape index (κ3) is 2.14. The fraction of sp³-hybridized carbons (Fsp3) is 0. The molecule has 2 nitrogen and oxygen atoms in total. The quantitative estimate of drug-likeness (QED) is 0.854. The average Bonchev–Trinajstić information content (AvgIpc) is 2.32. The van der Waals surface area contributed by atoms with Gasteiger partial charge in [0, 0.05) is 15.6 Å². The minimum atomic E-state index is -0.108. The number of hydrogen-bond donors (Lipinski definition) is 1. The normalized spacial score (nSPS) is 10.1. The Morgan fingerprint density at radius 2 is 1.75 bits per heavy atom. The molecule has 0 radical (unpaired) electrons. The van der Waals surface area contributed by atoms with E-state index in [-0.39, 0.29) is 11.5 Å². The number of phenolic OH excluding ortho intramolecular Hbond substituents is 1. The van der Waals surface area contributed by atoms with Gasteiger partial charge in [0.25, 0.3) is 0 Å². The highest BCUT2D eigenvalue weighted by Crippen LogP contribution is 2.24. The lowest BCUT2D eigenvalue weighted by molar-refractivity contribution is 0.103. The molecule has 0 unspecified atom stereocenters. The van der Waals surface area contributed by atoms with Crippen molar-refractivity contribution in [1.82, 2.24) is 0 Å². The van der Waals surface area contributed by atoms with Crippen LogP contribution in [0.3, 0.4) is 0 Å². The van der Waals surface area contributed by atoms with Crippen LogP contribution in [0.25, 0.3) is 0 Å². The molecule has 0 amide bonds. The Labute approximate surface area is 102 Å². The number of carbonyl (C=O) groups excluding carboxylic acids is 1. The Bertz CT molecular complexity index is 521. The van der Waals surface area contributed by atoms with Crippen molar-refractivity contribution in [3.63, 3.8) is 0 Å². The van der Waals surface area contributed by atoms with Gasteiger partial charge in [-0.3, -0.25) is 4.79 Å². The summed E-state index contributed by atoms with van der Waals surface area (Å²) in [6, 6.07) is 13.6. The van der Waals surface area contributed by atoms with Gasteiger partial charge in [-0.1, -0.05) is 46.3 Å². The van der Waals surface area contributed by atoms with E-state index in [0.29, 0.717) is 15.6 Å². The largest absolute Gasteiger partial charge is 0.508 e. The van der Waals surface area contributed by atoms with Crippen molar-refractivity contribution < 1.29 is 9.90 Å². The molecule has 0 aliphatic carbocycles. The maximum atomic E-state index is 12.1. The molecule has 0 aliphatic rings. The molecule has 2 rings (SSSR count). The average molecular weight is 277 g/mol. The Morgan fingerprint density at radius 3 is 2.44 bits per heavy atom. The van der Waals surface area contributed by atoms with Gasteiger partial charge >= 0.3 is 0 Å². The number of phenols is 1. The van der Waals surface area contributed by atoms with Crippen LogP contribution in [0.5, 0.6) is 5.75 Å². The smallest absolute Gasteiger partial charge is 0.194 e. The van der Waals surface area contributed by atoms with Crippen molar-refractivity contribution in [2.75, 3.05) is 0 Å². The number of rotatable bonds is 2. The first-order valence-electron chi connectivity index (χ1n) is 4.77. The summed E-state index contributed by atoms with van der Waals surface area (Å²) in [7, 11) is 0. The van der Waals surface area contributed by atoms with E-state index in [1.165, 1.54) is 12.1 Å². The number of hydrogen-bond acceptors (Lipinski definition) is 2. The predicted octanol–water partition coefficient (Wildman–Crippen LogP) is 3.39. The molecule has 0 aromatic heterocycles. The molecule has 0 spiro atoms. The van der Waals surface area contributed by atoms with Crippen LogP contribution in [-0.2, 0) is 0 Å². The van der Waals surface area contributed by atoms with E-state index < -0.39 is 0 Å². The minimum Gasteiger partial charge on any atom is -0.508 e. The van der Waals surface area contributed by atoms with Crippen molar-refractivity contribution in [2.45, 2.75) is 0 Å². The second-order valence-electron chi connectivity index (χ2n) is 3.36.